The summed E-state index contributed by atoms with van der Waals surface area (Å²) in [4.78, 5) is 31.0. The summed E-state index contributed by atoms with van der Waals surface area (Å²) in [6.45, 7) is 4.83. The van der Waals surface area contributed by atoms with Crippen molar-refractivity contribution in [3.05, 3.63) is 53.7 Å². The minimum Gasteiger partial charge on any atom is -0.481 e. The quantitative estimate of drug-likeness (QED) is 0.696. The van der Waals surface area contributed by atoms with Gasteiger partial charge in [0.1, 0.15) is 5.76 Å². The number of pyridine rings is 1. The van der Waals surface area contributed by atoms with Crippen LogP contribution in [0, 0.1) is 11.3 Å². The van der Waals surface area contributed by atoms with Crippen LogP contribution in [0.1, 0.15) is 34.7 Å². The van der Waals surface area contributed by atoms with Crippen molar-refractivity contribution in [3.8, 4) is 0 Å². The van der Waals surface area contributed by atoms with Crippen LogP contribution in [0.3, 0.4) is 0 Å². The molecule has 4 heterocycles. The van der Waals surface area contributed by atoms with Crippen molar-refractivity contribution < 1.29 is 24.2 Å². The maximum Gasteiger partial charge on any atom is 0.371 e. The van der Waals surface area contributed by atoms with Gasteiger partial charge in [0.25, 0.3) is 0 Å². The van der Waals surface area contributed by atoms with E-state index >= 15 is 0 Å². The van der Waals surface area contributed by atoms with Crippen LogP contribution in [-0.2, 0) is 17.9 Å². The summed E-state index contributed by atoms with van der Waals surface area (Å²) in [6, 6.07) is 7.21. The maximum atomic E-state index is 11.2. The fraction of sp³-hybridized carbons (Fsp3) is 0.476. The van der Waals surface area contributed by atoms with Crippen molar-refractivity contribution in [2.75, 3.05) is 26.2 Å². The Bertz CT molecular complexity index is 883. The van der Waals surface area contributed by atoms with Gasteiger partial charge in [-0.1, -0.05) is 0 Å². The van der Waals surface area contributed by atoms with Crippen LogP contribution in [-0.4, -0.2) is 63.1 Å². The van der Waals surface area contributed by atoms with E-state index in [2.05, 4.69) is 14.8 Å². The molecule has 2 unspecified atom stereocenters. The smallest absolute Gasteiger partial charge is 0.371 e. The van der Waals surface area contributed by atoms with Crippen LogP contribution in [0.5, 0.6) is 0 Å². The monoisotopic (exact) mass is 399 g/mol. The van der Waals surface area contributed by atoms with Crippen molar-refractivity contribution in [1.82, 2.24) is 14.8 Å². The Kier molecular flexibility index (Phi) is 5.38. The Morgan fingerprint density at radius 1 is 1.07 bits per heavy atom. The number of fused-ring (bicyclic) bond motifs is 1. The zero-order valence-corrected chi connectivity index (χ0v) is 16.2. The average molecular weight is 399 g/mol. The number of hydrogen-bond acceptors (Lipinski definition) is 6. The van der Waals surface area contributed by atoms with Crippen molar-refractivity contribution in [2.45, 2.75) is 25.9 Å². The number of likely N-dealkylation sites (tertiary alicyclic amines) is 2. The molecular weight excluding hydrogens is 374 g/mol. The van der Waals surface area contributed by atoms with Crippen molar-refractivity contribution in [2.24, 2.45) is 11.3 Å². The minimum absolute atomic E-state index is 0.0523. The average Bonchev–Trinajstić information content (AvgIpc) is 3.34. The van der Waals surface area contributed by atoms with Crippen LogP contribution < -0.4 is 0 Å². The molecule has 0 amide bonds. The second-order valence-electron chi connectivity index (χ2n) is 8.22. The van der Waals surface area contributed by atoms with Gasteiger partial charge in [0.05, 0.1) is 6.54 Å². The standard InChI is InChI=1S/C21H25N3O5/c25-19(26)3-6-21-13-23(9-15-4-7-22-8-5-15)10-16(21)11-24(14-21)12-17-1-2-18(29-17)20(27)28/h1-2,4-5,7-8,16H,3,6,9-14H2,(H,25,26)(H,27,28). The molecule has 2 N–H and O–H groups in total. The number of furan rings is 1. The zero-order chi connectivity index (χ0) is 20.4. The number of carboxylic acid groups (broad SMARTS) is 2. The van der Waals surface area contributed by atoms with Crippen molar-refractivity contribution in [1.29, 1.82) is 0 Å². The number of nitrogens with zero attached hydrogens (tertiary/aromatic N) is 3. The van der Waals surface area contributed by atoms with Gasteiger partial charge in [-0.05, 0) is 42.2 Å². The first-order chi connectivity index (χ1) is 13.9. The third-order valence-corrected chi connectivity index (χ3v) is 6.14. The van der Waals surface area contributed by atoms with Gasteiger partial charge in [0.2, 0.25) is 5.76 Å². The van der Waals surface area contributed by atoms with Gasteiger partial charge >= 0.3 is 11.9 Å². The molecule has 2 aromatic rings. The van der Waals surface area contributed by atoms with Crippen LogP contribution in [0.4, 0.5) is 0 Å². The highest BCUT2D eigenvalue weighted by Gasteiger charge is 2.51. The highest BCUT2D eigenvalue weighted by atomic mass is 16.4. The summed E-state index contributed by atoms with van der Waals surface area (Å²) < 4.78 is 5.41. The Morgan fingerprint density at radius 2 is 1.76 bits per heavy atom. The molecular formula is C21H25N3O5. The number of aromatic nitrogens is 1. The molecule has 29 heavy (non-hydrogen) atoms. The van der Waals surface area contributed by atoms with Gasteiger partial charge in [-0.25, -0.2) is 4.79 Å². The summed E-state index contributed by atoms with van der Waals surface area (Å²) in [6.07, 6.45) is 4.40. The van der Waals surface area contributed by atoms with E-state index in [9.17, 15) is 14.7 Å². The molecule has 154 valence electrons. The summed E-state index contributed by atoms with van der Waals surface area (Å²) >= 11 is 0. The molecule has 0 saturated carbocycles. The molecule has 0 aromatic carbocycles. The first-order valence-corrected chi connectivity index (χ1v) is 9.81. The Balaban J connectivity index is 1.44. The summed E-state index contributed by atoms with van der Waals surface area (Å²) in [5, 5.41) is 18.3. The van der Waals surface area contributed by atoms with E-state index < -0.39 is 11.9 Å². The predicted molar refractivity (Wildman–Crippen MR) is 103 cm³/mol. The van der Waals surface area contributed by atoms with Crippen LogP contribution in [0.2, 0.25) is 0 Å². The van der Waals surface area contributed by atoms with Gasteiger partial charge in [-0.15, -0.1) is 0 Å². The van der Waals surface area contributed by atoms with Crippen molar-refractivity contribution >= 4 is 11.9 Å². The molecule has 0 bridgehead atoms. The molecule has 8 heteroatoms. The maximum absolute atomic E-state index is 11.2. The molecule has 4 rings (SSSR count). The second kappa shape index (κ2) is 7.96. The van der Waals surface area contributed by atoms with E-state index in [1.807, 2.05) is 12.1 Å². The zero-order valence-electron chi connectivity index (χ0n) is 16.2. The SMILES string of the molecule is O=C(O)CCC12CN(Cc3ccncc3)CC1CN(Cc1ccc(C(=O)O)o1)C2. The van der Waals surface area contributed by atoms with E-state index in [1.165, 1.54) is 11.6 Å². The molecule has 0 aliphatic carbocycles. The highest BCUT2D eigenvalue weighted by molar-refractivity contribution is 5.84. The number of rotatable bonds is 8. The molecule has 0 radical (unpaired) electrons. The lowest BCUT2D eigenvalue weighted by atomic mass is 9.77. The number of hydrogen-bond donors (Lipinski definition) is 2. The van der Waals surface area contributed by atoms with Crippen LogP contribution in [0.15, 0.2) is 41.1 Å². The summed E-state index contributed by atoms with van der Waals surface area (Å²) in [5.41, 5.74) is 1.15. The lowest BCUT2D eigenvalue weighted by Crippen LogP contribution is -2.34. The fourth-order valence-electron chi connectivity index (χ4n) is 4.90. The van der Waals surface area contributed by atoms with Gasteiger partial charge in [-0.2, -0.15) is 0 Å². The van der Waals surface area contributed by atoms with Gasteiger partial charge in [0, 0.05) is 57.0 Å². The van der Waals surface area contributed by atoms with E-state index in [1.54, 1.807) is 18.5 Å². The first-order valence-electron chi connectivity index (χ1n) is 9.81. The number of carboxylic acids is 2. The molecule has 0 spiro atoms. The minimum atomic E-state index is -1.07. The topological polar surface area (TPSA) is 107 Å². The third kappa shape index (κ3) is 4.33. The fourth-order valence-corrected chi connectivity index (χ4v) is 4.90. The molecule has 2 fully saturated rings. The number of aromatic carboxylic acids is 1. The largest absolute Gasteiger partial charge is 0.481 e. The number of aliphatic carboxylic acids is 1. The van der Waals surface area contributed by atoms with E-state index in [4.69, 9.17) is 9.52 Å². The highest BCUT2D eigenvalue weighted by Crippen LogP contribution is 2.46. The second-order valence-corrected chi connectivity index (χ2v) is 8.22. The molecule has 2 aliphatic heterocycles. The summed E-state index contributed by atoms with van der Waals surface area (Å²) in [7, 11) is 0. The number of carbonyl (C=O) groups is 2. The van der Waals surface area contributed by atoms with Crippen molar-refractivity contribution in [3.63, 3.8) is 0 Å². The molecule has 2 aromatic heterocycles. The van der Waals surface area contributed by atoms with Gasteiger partial charge < -0.3 is 14.6 Å². The van der Waals surface area contributed by atoms with Gasteiger partial charge in [0.15, 0.2) is 0 Å². The van der Waals surface area contributed by atoms with E-state index in [0.717, 1.165) is 32.7 Å². The molecule has 2 aliphatic rings. The third-order valence-electron chi connectivity index (χ3n) is 6.14. The van der Waals surface area contributed by atoms with Gasteiger partial charge in [-0.3, -0.25) is 19.6 Å². The normalized spacial score (nSPS) is 24.6. The lowest BCUT2D eigenvalue weighted by Gasteiger charge is -2.29. The van der Waals surface area contributed by atoms with Crippen LogP contribution in [0.25, 0.3) is 0 Å². The van der Waals surface area contributed by atoms with Crippen LogP contribution >= 0.6 is 0 Å². The van der Waals surface area contributed by atoms with E-state index in [-0.39, 0.29) is 17.6 Å². The lowest BCUT2D eigenvalue weighted by molar-refractivity contribution is -0.137. The van der Waals surface area contributed by atoms with E-state index in [0.29, 0.717) is 24.6 Å². The Hall–Kier alpha value is -2.71. The first kappa shape index (κ1) is 19.6. The Morgan fingerprint density at radius 3 is 2.38 bits per heavy atom. The molecule has 2 atom stereocenters. The molecule has 2 saturated heterocycles. The summed E-state index contributed by atoms with van der Waals surface area (Å²) in [5.74, 6) is -0.869. The Labute approximate surface area is 168 Å². The molecule has 8 nitrogen and oxygen atoms in total. The predicted octanol–water partition coefficient (Wildman–Crippen LogP) is 2.17.